The number of rotatable bonds is 0. The highest BCUT2D eigenvalue weighted by molar-refractivity contribution is 6.09. The maximum atomic E-state index is 4.22. The molecule has 0 saturated heterocycles. The molecule has 0 fully saturated rings. The zero-order valence-electron chi connectivity index (χ0n) is 8.28. The fourth-order valence-electron chi connectivity index (χ4n) is 1.46. The molecule has 2 rings (SSSR count). The van der Waals surface area contributed by atoms with E-state index in [0.29, 0.717) is 0 Å². The molecule has 0 saturated carbocycles. The summed E-state index contributed by atoms with van der Waals surface area (Å²) in [6.07, 6.45) is 8.07. The second kappa shape index (κ2) is 2.66. The van der Waals surface area contributed by atoms with E-state index in [0.717, 1.165) is 5.71 Å². The quantitative estimate of drug-likeness (QED) is 0.538. The first-order valence-electron chi connectivity index (χ1n) is 4.57. The van der Waals surface area contributed by atoms with Crippen LogP contribution in [-0.2, 0) is 0 Å². The molecule has 1 aliphatic heterocycles. The number of fused-ring (bicyclic) bond motifs is 1. The van der Waals surface area contributed by atoms with Gasteiger partial charge in [-0.1, -0.05) is 32.9 Å². The maximum Gasteiger partial charge on any atom is 0.112 e. The van der Waals surface area contributed by atoms with E-state index < -0.39 is 0 Å². The van der Waals surface area contributed by atoms with E-state index in [4.69, 9.17) is 0 Å². The van der Waals surface area contributed by atoms with Crippen molar-refractivity contribution in [3.63, 3.8) is 0 Å². The average Bonchev–Trinajstić information content (AvgIpc) is 2.47. The van der Waals surface area contributed by atoms with Gasteiger partial charge in [-0.3, -0.25) is 4.99 Å². The van der Waals surface area contributed by atoms with Crippen LogP contribution in [0.15, 0.2) is 33.8 Å². The van der Waals surface area contributed by atoms with Crippen molar-refractivity contribution in [2.75, 3.05) is 0 Å². The summed E-state index contributed by atoms with van der Waals surface area (Å²) in [6.45, 7) is 6.62. The Labute approximate surface area is 78.8 Å². The minimum Gasteiger partial charge on any atom is -0.260 e. The topological polar surface area (TPSA) is 24.7 Å². The monoisotopic (exact) mass is 174 g/mol. The predicted octanol–water partition coefficient (Wildman–Crippen LogP) is 2.38. The Kier molecular flexibility index (Phi) is 1.72. The lowest BCUT2D eigenvalue weighted by atomic mass is 9.82. The van der Waals surface area contributed by atoms with Crippen LogP contribution in [0, 0.1) is 5.41 Å². The molecule has 0 aromatic carbocycles. The molecule has 1 unspecified atom stereocenters. The van der Waals surface area contributed by atoms with Crippen LogP contribution >= 0.6 is 0 Å². The minimum absolute atomic E-state index is 0.186. The van der Waals surface area contributed by atoms with Gasteiger partial charge >= 0.3 is 0 Å². The lowest BCUT2D eigenvalue weighted by Gasteiger charge is -2.23. The van der Waals surface area contributed by atoms with Crippen LogP contribution in [0.25, 0.3) is 0 Å². The van der Waals surface area contributed by atoms with Crippen LogP contribution in [0.3, 0.4) is 0 Å². The first-order valence-corrected chi connectivity index (χ1v) is 4.57. The molecule has 1 aliphatic carbocycles. The third-order valence-electron chi connectivity index (χ3n) is 2.36. The van der Waals surface area contributed by atoms with E-state index in [2.05, 4.69) is 49.0 Å². The Hall–Kier alpha value is -1.18. The molecule has 0 radical (unpaired) electrons. The fraction of sp³-hybridized carbons (Fsp3) is 0.455. The van der Waals surface area contributed by atoms with Crippen molar-refractivity contribution in [3.05, 3.63) is 23.8 Å². The Morgan fingerprint density at radius 3 is 2.77 bits per heavy atom. The van der Waals surface area contributed by atoms with Crippen molar-refractivity contribution in [2.45, 2.75) is 26.8 Å². The first-order chi connectivity index (χ1) is 6.07. The van der Waals surface area contributed by atoms with Crippen molar-refractivity contribution >= 4 is 12.1 Å². The van der Waals surface area contributed by atoms with E-state index in [1.807, 2.05) is 0 Å². The molecule has 1 heterocycles. The van der Waals surface area contributed by atoms with Crippen LogP contribution in [0.1, 0.15) is 20.8 Å². The van der Waals surface area contributed by atoms with E-state index in [1.165, 1.54) is 5.57 Å². The molecule has 0 bridgehead atoms. The van der Waals surface area contributed by atoms with Crippen LogP contribution in [-0.4, -0.2) is 18.1 Å². The van der Waals surface area contributed by atoms with Gasteiger partial charge in [0.15, 0.2) is 0 Å². The molecule has 13 heavy (non-hydrogen) atoms. The van der Waals surface area contributed by atoms with Crippen LogP contribution < -0.4 is 0 Å². The highest BCUT2D eigenvalue weighted by Gasteiger charge is 2.22. The standard InChI is InChI=1S/C11H14N2/c1-11(2,3)8-4-5-9-10(6-8)13-7-12-9/h4-7,9H,1-3H3. The van der Waals surface area contributed by atoms with Gasteiger partial charge in [0.2, 0.25) is 0 Å². The molecule has 0 spiro atoms. The number of hydrogen-bond acceptors (Lipinski definition) is 2. The second-order valence-electron chi connectivity index (χ2n) is 4.47. The van der Waals surface area contributed by atoms with E-state index in [9.17, 15) is 0 Å². The first kappa shape index (κ1) is 8.42. The third-order valence-corrected chi connectivity index (χ3v) is 2.36. The van der Waals surface area contributed by atoms with Gasteiger partial charge in [-0.15, -0.1) is 0 Å². The molecule has 0 aromatic rings. The van der Waals surface area contributed by atoms with Crippen molar-refractivity contribution in [1.82, 2.24) is 0 Å². The lowest BCUT2D eigenvalue weighted by molar-refractivity contribution is 0.516. The van der Waals surface area contributed by atoms with Crippen molar-refractivity contribution < 1.29 is 0 Å². The minimum atomic E-state index is 0.186. The van der Waals surface area contributed by atoms with Gasteiger partial charge in [0, 0.05) is 0 Å². The molecule has 0 amide bonds. The summed E-state index contributed by atoms with van der Waals surface area (Å²) < 4.78 is 0. The number of hydrogen-bond donors (Lipinski definition) is 0. The molecular weight excluding hydrogens is 160 g/mol. The molecule has 2 nitrogen and oxygen atoms in total. The van der Waals surface area contributed by atoms with Crippen molar-refractivity contribution in [3.8, 4) is 0 Å². The summed E-state index contributed by atoms with van der Waals surface area (Å²) in [5.41, 5.74) is 2.60. The number of allylic oxidation sites excluding steroid dienone is 2. The van der Waals surface area contributed by atoms with Gasteiger partial charge in [-0.05, 0) is 17.1 Å². The summed E-state index contributed by atoms with van der Waals surface area (Å²) in [7, 11) is 0. The third kappa shape index (κ3) is 1.48. The fourth-order valence-corrected chi connectivity index (χ4v) is 1.46. The van der Waals surface area contributed by atoms with Gasteiger partial charge in [0.25, 0.3) is 0 Å². The SMILES string of the molecule is CC(C)(C)C1=CC2=NC=NC2C=C1. The van der Waals surface area contributed by atoms with Gasteiger partial charge in [-0.25, -0.2) is 4.99 Å². The maximum absolute atomic E-state index is 4.22. The lowest BCUT2D eigenvalue weighted by Crippen LogP contribution is -2.19. The summed E-state index contributed by atoms with van der Waals surface area (Å²) in [6, 6.07) is 0.186. The summed E-state index contributed by atoms with van der Waals surface area (Å²) >= 11 is 0. The zero-order valence-corrected chi connectivity index (χ0v) is 8.28. The second-order valence-corrected chi connectivity index (χ2v) is 4.47. The van der Waals surface area contributed by atoms with E-state index in [-0.39, 0.29) is 11.5 Å². The van der Waals surface area contributed by atoms with Gasteiger partial charge < -0.3 is 0 Å². The normalized spacial score (nSPS) is 25.6. The Morgan fingerprint density at radius 1 is 1.31 bits per heavy atom. The molecule has 2 heteroatoms. The number of nitrogens with zero attached hydrogens (tertiary/aromatic N) is 2. The molecule has 0 N–H and O–H groups in total. The summed E-state index contributed by atoms with van der Waals surface area (Å²) in [5, 5.41) is 0. The van der Waals surface area contributed by atoms with E-state index in [1.54, 1.807) is 6.34 Å². The molecular formula is C11H14N2. The summed E-state index contributed by atoms with van der Waals surface area (Å²) in [4.78, 5) is 8.43. The van der Waals surface area contributed by atoms with Crippen molar-refractivity contribution in [1.29, 1.82) is 0 Å². The molecule has 1 atom stereocenters. The molecule has 0 aromatic heterocycles. The highest BCUT2D eigenvalue weighted by atomic mass is 15.0. The van der Waals surface area contributed by atoms with Crippen LogP contribution in [0.2, 0.25) is 0 Å². The van der Waals surface area contributed by atoms with E-state index >= 15 is 0 Å². The molecule has 68 valence electrons. The van der Waals surface area contributed by atoms with Gasteiger partial charge in [-0.2, -0.15) is 0 Å². The average molecular weight is 174 g/mol. The zero-order chi connectivity index (χ0) is 9.47. The molecule has 2 aliphatic rings. The van der Waals surface area contributed by atoms with Crippen LogP contribution in [0.4, 0.5) is 0 Å². The number of aliphatic imine (C=N–C) groups is 2. The summed E-state index contributed by atoms with van der Waals surface area (Å²) in [5.74, 6) is 0. The highest BCUT2D eigenvalue weighted by Crippen LogP contribution is 2.29. The van der Waals surface area contributed by atoms with Gasteiger partial charge in [0.05, 0.1) is 5.71 Å². The van der Waals surface area contributed by atoms with Gasteiger partial charge in [0.1, 0.15) is 12.4 Å². The van der Waals surface area contributed by atoms with Crippen molar-refractivity contribution in [2.24, 2.45) is 15.4 Å². The Bertz CT molecular complexity index is 338. The Morgan fingerprint density at radius 2 is 2.08 bits per heavy atom. The smallest absolute Gasteiger partial charge is 0.112 e. The largest absolute Gasteiger partial charge is 0.260 e. The predicted molar refractivity (Wildman–Crippen MR) is 56.4 cm³/mol. The Balaban J connectivity index is 2.32. The van der Waals surface area contributed by atoms with Crippen LogP contribution in [0.5, 0.6) is 0 Å².